The molecular weight excluding hydrogens is 315 g/mol. The van der Waals surface area contributed by atoms with Crippen LogP contribution < -0.4 is 5.43 Å². The minimum absolute atomic E-state index is 0.0985. The average molecular weight is 332 g/mol. The van der Waals surface area contributed by atoms with E-state index in [9.17, 15) is 9.18 Å². The van der Waals surface area contributed by atoms with Crippen LogP contribution in [0.1, 0.15) is 30.8 Å². The number of hydrazone groups is 1. The second-order valence-corrected chi connectivity index (χ2v) is 6.59. The van der Waals surface area contributed by atoms with E-state index in [-0.39, 0.29) is 17.5 Å². The number of halogens is 1. The van der Waals surface area contributed by atoms with E-state index in [1.165, 1.54) is 12.3 Å². The maximum atomic E-state index is 13.4. The molecule has 120 valence electrons. The molecule has 1 heterocycles. The molecule has 0 bridgehead atoms. The lowest BCUT2D eigenvalue weighted by atomic mass is 10.3. The smallest absolute Gasteiger partial charge is 0.250 e. The topological polar surface area (TPSA) is 54.6 Å². The summed E-state index contributed by atoms with van der Waals surface area (Å²) in [7, 11) is 0. The van der Waals surface area contributed by atoms with Gasteiger partial charge < -0.3 is 4.42 Å². The molecule has 1 aliphatic rings. The van der Waals surface area contributed by atoms with Gasteiger partial charge in [-0.25, -0.2) is 9.82 Å². The number of hydrogen-bond donors (Lipinski definition) is 1. The summed E-state index contributed by atoms with van der Waals surface area (Å²) in [6.07, 6.45) is 2.64. The number of hydrogen-bond acceptors (Lipinski definition) is 4. The summed E-state index contributed by atoms with van der Waals surface area (Å²) in [5.41, 5.74) is 2.41. The molecular formula is C17H17FN2O2S. The summed E-state index contributed by atoms with van der Waals surface area (Å²) in [4.78, 5) is 12.1. The first-order valence-electron chi connectivity index (χ1n) is 7.42. The molecule has 6 heteroatoms. The molecule has 3 rings (SSSR count). The lowest BCUT2D eigenvalue weighted by Gasteiger charge is -2.01. The van der Waals surface area contributed by atoms with E-state index in [2.05, 4.69) is 17.5 Å². The number of benzene rings is 1. The summed E-state index contributed by atoms with van der Waals surface area (Å²) < 4.78 is 19.1. The third kappa shape index (κ3) is 4.22. The first kappa shape index (κ1) is 15.8. The molecule has 23 heavy (non-hydrogen) atoms. The minimum atomic E-state index is -0.328. The predicted octanol–water partition coefficient (Wildman–Crippen LogP) is 3.78. The van der Waals surface area contributed by atoms with Gasteiger partial charge in [0.2, 0.25) is 5.91 Å². The van der Waals surface area contributed by atoms with Crippen LogP contribution in [0.5, 0.6) is 0 Å². The number of furan rings is 1. The zero-order valence-corrected chi connectivity index (χ0v) is 13.5. The normalized spacial score (nSPS) is 19.9. The van der Waals surface area contributed by atoms with Gasteiger partial charge in [-0.1, -0.05) is 19.1 Å². The number of amides is 1. The van der Waals surface area contributed by atoms with Crippen LogP contribution >= 0.6 is 11.8 Å². The Morgan fingerprint density at radius 3 is 2.96 bits per heavy atom. The number of nitrogens with one attached hydrogen (secondary N) is 1. The molecule has 4 nitrogen and oxygen atoms in total. The van der Waals surface area contributed by atoms with Gasteiger partial charge in [-0.3, -0.25) is 4.79 Å². The van der Waals surface area contributed by atoms with E-state index in [0.717, 1.165) is 23.9 Å². The van der Waals surface area contributed by atoms with Crippen molar-refractivity contribution < 1.29 is 13.6 Å². The number of carbonyl (C=O) groups is 1. The molecule has 1 aromatic carbocycles. The van der Waals surface area contributed by atoms with Crippen molar-refractivity contribution in [3.63, 3.8) is 0 Å². The van der Waals surface area contributed by atoms with Crippen molar-refractivity contribution in [2.24, 2.45) is 11.0 Å². The van der Waals surface area contributed by atoms with Gasteiger partial charge in [-0.05, 0) is 36.6 Å². The van der Waals surface area contributed by atoms with E-state index in [1.807, 2.05) is 12.1 Å². The van der Waals surface area contributed by atoms with Crippen LogP contribution in [0.15, 0.2) is 50.8 Å². The lowest BCUT2D eigenvalue weighted by Crippen LogP contribution is -2.19. The highest BCUT2D eigenvalue weighted by Crippen LogP contribution is 2.47. The SMILES string of the molecule is C[C@@H]1C[C@H]1c1ccc(/C=N\NC(=O)CSc2ccccc2F)o1. The third-order valence-corrected chi connectivity index (χ3v) is 4.75. The van der Waals surface area contributed by atoms with E-state index in [0.29, 0.717) is 22.5 Å². The molecule has 2 atom stereocenters. The van der Waals surface area contributed by atoms with Crippen LogP contribution in [0.2, 0.25) is 0 Å². The Balaban J connectivity index is 1.45. The van der Waals surface area contributed by atoms with Crippen molar-refractivity contribution in [2.75, 3.05) is 5.75 Å². The quantitative estimate of drug-likeness (QED) is 0.497. The predicted molar refractivity (Wildman–Crippen MR) is 88.1 cm³/mol. The largest absolute Gasteiger partial charge is 0.460 e. The molecule has 1 fully saturated rings. The average Bonchev–Trinajstić information content (AvgIpc) is 3.08. The zero-order chi connectivity index (χ0) is 16.2. The lowest BCUT2D eigenvalue weighted by molar-refractivity contribution is -0.118. The molecule has 0 unspecified atom stereocenters. The maximum absolute atomic E-state index is 13.4. The molecule has 1 aromatic heterocycles. The Morgan fingerprint density at radius 2 is 2.22 bits per heavy atom. The molecule has 0 spiro atoms. The van der Waals surface area contributed by atoms with Crippen LogP contribution in [-0.4, -0.2) is 17.9 Å². The van der Waals surface area contributed by atoms with Crippen LogP contribution in [-0.2, 0) is 4.79 Å². The van der Waals surface area contributed by atoms with Gasteiger partial charge in [-0.2, -0.15) is 5.10 Å². The van der Waals surface area contributed by atoms with Gasteiger partial charge in [0.15, 0.2) is 0 Å². The van der Waals surface area contributed by atoms with Gasteiger partial charge >= 0.3 is 0 Å². The molecule has 1 saturated carbocycles. The first-order chi connectivity index (χ1) is 11.1. The van der Waals surface area contributed by atoms with E-state index < -0.39 is 0 Å². The van der Waals surface area contributed by atoms with Crippen molar-refractivity contribution >= 4 is 23.9 Å². The number of rotatable bonds is 6. The van der Waals surface area contributed by atoms with Gasteiger partial charge in [0.05, 0.1) is 12.0 Å². The number of nitrogens with zero attached hydrogens (tertiary/aromatic N) is 1. The highest BCUT2D eigenvalue weighted by Gasteiger charge is 2.36. The molecule has 2 aromatic rings. The number of thioether (sulfide) groups is 1. The van der Waals surface area contributed by atoms with Gasteiger partial charge in [0, 0.05) is 10.8 Å². The van der Waals surface area contributed by atoms with Gasteiger partial charge in [0.25, 0.3) is 0 Å². The van der Waals surface area contributed by atoms with Gasteiger partial charge in [-0.15, -0.1) is 11.8 Å². The van der Waals surface area contributed by atoms with Crippen molar-refractivity contribution in [3.8, 4) is 0 Å². The fraction of sp³-hybridized carbons (Fsp3) is 0.294. The monoisotopic (exact) mass is 332 g/mol. The van der Waals surface area contributed by atoms with Gasteiger partial charge in [0.1, 0.15) is 17.3 Å². The summed E-state index contributed by atoms with van der Waals surface area (Å²) in [6, 6.07) is 10.1. The zero-order valence-electron chi connectivity index (χ0n) is 12.7. The molecule has 1 N–H and O–H groups in total. The summed E-state index contributed by atoms with van der Waals surface area (Å²) in [5, 5.41) is 3.86. The standard InChI is InChI=1S/C17H17FN2O2S/c1-11-8-13(11)15-7-6-12(22-15)9-19-20-17(21)10-23-16-5-3-2-4-14(16)18/h2-7,9,11,13H,8,10H2,1H3,(H,20,21)/b19-9-/t11-,13-/m1/s1. The highest BCUT2D eigenvalue weighted by molar-refractivity contribution is 8.00. The first-order valence-corrected chi connectivity index (χ1v) is 8.41. The van der Waals surface area contributed by atoms with E-state index in [4.69, 9.17) is 4.42 Å². The Labute approximate surface area is 138 Å². The molecule has 0 saturated heterocycles. The Bertz CT molecular complexity index is 729. The maximum Gasteiger partial charge on any atom is 0.250 e. The molecule has 1 amide bonds. The molecule has 0 radical (unpaired) electrons. The minimum Gasteiger partial charge on any atom is -0.460 e. The van der Waals surface area contributed by atoms with Crippen LogP contribution in [0.4, 0.5) is 4.39 Å². The van der Waals surface area contributed by atoms with Crippen LogP contribution in [0.25, 0.3) is 0 Å². The van der Waals surface area contributed by atoms with Crippen LogP contribution in [0, 0.1) is 11.7 Å². The van der Waals surface area contributed by atoms with E-state index >= 15 is 0 Å². The second kappa shape index (κ2) is 7.00. The summed E-state index contributed by atoms with van der Waals surface area (Å²) in [6.45, 7) is 2.19. The Hall–Kier alpha value is -2.08. The van der Waals surface area contributed by atoms with Crippen molar-refractivity contribution in [3.05, 3.63) is 53.7 Å². The number of carbonyl (C=O) groups excluding carboxylic acids is 1. The molecule has 0 aliphatic heterocycles. The Morgan fingerprint density at radius 1 is 1.43 bits per heavy atom. The fourth-order valence-electron chi connectivity index (χ4n) is 2.26. The summed E-state index contributed by atoms with van der Waals surface area (Å²) in [5.74, 6) is 2.26. The van der Waals surface area contributed by atoms with Crippen molar-refractivity contribution in [1.82, 2.24) is 5.43 Å². The molecule has 1 aliphatic carbocycles. The fourth-order valence-corrected chi connectivity index (χ4v) is 2.99. The second-order valence-electron chi connectivity index (χ2n) is 5.57. The van der Waals surface area contributed by atoms with Crippen LogP contribution in [0.3, 0.4) is 0 Å². The van der Waals surface area contributed by atoms with E-state index in [1.54, 1.807) is 18.2 Å². The van der Waals surface area contributed by atoms with Crippen molar-refractivity contribution in [2.45, 2.75) is 24.2 Å². The summed E-state index contributed by atoms with van der Waals surface area (Å²) >= 11 is 1.13. The Kier molecular flexibility index (Phi) is 4.81. The third-order valence-electron chi connectivity index (χ3n) is 3.70. The van der Waals surface area contributed by atoms with Crippen molar-refractivity contribution in [1.29, 1.82) is 0 Å². The highest BCUT2D eigenvalue weighted by atomic mass is 32.2.